The quantitative estimate of drug-likeness (QED) is 0.586. The van der Waals surface area contributed by atoms with Gasteiger partial charge >= 0.3 is 12.1 Å². The largest absolute Gasteiger partial charge is 0.444 e. The molecule has 0 bridgehead atoms. The fraction of sp³-hybridized carbons (Fsp3) is 0.636. The van der Waals surface area contributed by atoms with E-state index in [2.05, 4.69) is 10.6 Å². The highest BCUT2D eigenvalue weighted by molar-refractivity contribution is 6.30. The Kier molecular flexibility index (Phi) is 8.38. The fourth-order valence-electron chi connectivity index (χ4n) is 3.85. The molecule has 2 rings (SSSR count). The Labute approximate surface area is 184 Å². The van der Waals surface area contributed by atoms with Crippen molar-refractivity contribution in [3.05, 3.63) is 34.9 Å². The lowest BCUT2D eigenvalue weighted by Gasteiger charge is -2.43. The van der Waals surface area contributed by atoms with Crippen molar-refractivity contribution in [2.24, 2.45) is 5.92 Å². The number of urea groups is 1. The van der Waals surface area contributed by atoms with Gasteiger partial charge in [-0.15, -0.1) is 0 Å². The molecule has 30 heavy (non-hydrogen) atoms. The van der Waals surface area contributed by atoms with Crippen LogP contribution in [0.15, 0.2) is 24.3 Å². The van der Waals surface area contributed by atoms with E-state index in [9.17, 15) is 14.7 Å². The maximum Gasteiger partial charge on any atom is 0.410 e. The second-order valence-corrected chi connectivity index (χ2v) is 9.25. The summed E-state index contributed by atoms with van der Waals surface area (Å²) in [5.74, 6) is -0.169. The maximum absolute atomic E-state index is 12.6. The molecule has 7 nitrogen and oxygen atoms in total. The summed E-state index contributed by atoms with van der Waals surface area (Å²) in [5.41, 5.74) is -1.01. The van der Waals surface area contributed by atoms with Gasteiger partial charge in [0.25, 0.3) is 0 Å². The van der Waals surface area contributed by atoms with Gasteiger partial charge in [0.2, 0.25) is 0 Å². The standard InChI is InChI=1S/C22H34ClN3O4/c1-21(2,3)30-20(28)26-13-6-9-17(15-26)22(29,11-7-12-25-19(27)24-4)16-8-5-10-18(23)14-16/h5,8,10,14,17,29H,6-7,9,11-13,15H2,1-4H3,(H2,24,25,27)/t17-,22-/m1/s1. The molecular formula is C22H34ClN3O4. The van der Waals surface area contributed by atoms with E-state index in [0.29, 0.717) is 37.5 Å². The first-order valence-electron chi connectivity index (χ1n) is 10.5. The van der Waals surface area contributed by atoms with Gasteiger partial charge in [0.05, 0.1) is 5.60 Å². The van der Waals surface area contributed by atoms with Crippen LogP contribution in [0.5, 0.6) is 0 Å². The number of hydrogen-bond donors (Lipinski definition) is 3. The zero-order valence-corrected chi connectivity index (χ0v) is 19.1. The van der Waals surface area contributed by atoms with Crippen LogP contribution in [-0.2, 0) is 10.3 Å². The molecule has 1 aromatic carbocycles. The lowest BCUT2D eigenvalue weighted by atomic mass is 9.74. The molecule has 1 aromatic rings. The lowest BCUT2D eigenvalue weighted by Crippen LogP contribution is -2.49. The van der Waals surface area contributed by atoms with Gasteiger partial charge in [0.15, 0.2) is 0 Å². The highest BCUT2D eigenvalue weighted by atomic mass is 35.5. The van der Waals surface area contributed by atoms with Gasteiger partial charge in [-0.3, -0.25) is 0 Å². The number of carbonyl (C=O) groups is 2. The summed E-state index contributed by atoms with van der Waals surface area (Å²) in [7, 11) is 1.56. The predicted molar refractivity (Wildman–Crippen MR) is 118 cm³/mol. The molecule has 0 aliphatic carbocycles. The van der Waals surface area contributed by atoms with Gasteiger partial charge in [0.1, 0.15) is 5.60 Å². The molecule has 3 N–H and O–H groups in total. The van der Waals surface area contributed by atoms with Crippen molar-refractivity contribution >= 4 is 23.7 Å². The number of ether oxygens (including phenoxy) is 1. The summed E-state index contributed by atoms with van der Waals surface area (Å²) < 4.78 is 5.53. The number of amides is 3. The fourth-order valence-corrected chi connectivity index (χ4v) is 4.04. The Hall–Kier alpha value is -1.99. The minimum atomic E-state index is -1.17. The third kappa shape index (κ3) is 6.77. The van der Waals surface area contributed by atoms with Gasteiger partial charge in [-0.2, -0.15) is 0 Å². The summed E-state index contributed by atoms with van der Waals surface area (Å²) >= 11 is 6.20. The van der Waals surface area contributed by atoms with E-state index in [1.165, 1.54) is 0 Å². The maximum atomic E-state index is 12.6. The topological polar surface area (TPSA) is 90.9 Å². The second-order valence-electron chi connectivity index (χ2n) is 8.81. The minimum Gasteiger partial charge on any atom is -0.444 e. The molecule has 0 unspecified atom stereocenters. The number of rotatable bonds is 6. The Morgan fingerprint density at radius 3 is 2.70 bits per heavy atom. The summed E-state index contributed by atoms with van der Waals surface area (Å²) in [4.78, 5) is 25.7. The SMILES string of the molecule is CNC(=O)NCCC[C@@](O)(c1cccc(Cl)c1)[C@@H]1CCCN(C(=O)OC(C)(C)C)C1. The predicted octanol–water partition coefficient (Wildman–Crippen LogP) is 3.88. The highest BCUT2D eigenvalue weighted by Gasteiger charge is 2.41. The van der Waals surface area contributed by atoms with Crippen LogP contribution in [0.2, 0.25) is 5.02 Å². The van der Waals surface area contributed by atoms with E-state index in [1.54, 1.807) is 24.1 Å². The van der Waals surface area contributed by atoms with E-state index in [1.807, 2.05) is 32.9 Å². The van der Waals surface area contributed by atoms with E-state index >= 15 is 0 Å². The highest BCUT2D eigenvalue weighted by Crippen LogP contribution is 2.40. The van der Waals surface area contributed by atoms with Crippen LogP contribution in [-0.4, -0.2) is 54.4 Å². The minimum absolute atomic E-state index is 0.169. The molecule has 1 heterocycles. The summed E-state index contributed by atoms with van der Waals surface area (Å²) in [6.45, 7) is 6.97. The smallest absolute Gasteiger partial charge is 0.410 e. The normalized spacial score (nSPS) is 19.0. The van der Waals surface area contributed by atoms with Crippen molar-refractivity contribution in [3.63, 3.8) is 0 Å². The van der Waals surface area contributed by atoms with E-state index in [0.717, 1.165) is 18.4 Å². The van der Waals surface area contributed by atoms with Crippen LogP contribution < -0.4 is 10.6 Å². The summed E-state index contributed by atoms with van der Waals surface area (Å²) in [5, 5.41) is 17.6. The number of piperidine rings is 1. The Morgan fingerprint density at radius 1 is 1.33 bits per heavy atom. The Morgan fingerprint density at radius 2 is 2.07 bits per heavy atom. The molecule has 0 aromatic heterocycles. The van der Waals surface area contributed by atoms with E-state index < -0.39 is 11.2 Å². The van der Waals surface area contributed by atoms with Gasteiger partial charge < -0.3 is 25.4 Å². The molecular weight excluding hydrogens is 406 g/mol. The van der Waals surface area contributed by atoms with Crippen molar-refractivity contribution in [1.82, 2.24) is 15.5 Å². The third-order valence-electron chi connectivity index (χ3n) is 5.32. The third-order valence-corrected chi connectivity index (χ3v) is 5.56. The van der Waals surface area contributed by atoms with E-state index in [4.69, 9.17) is 16.3 Å². The number of halogens is 1. The molecule has 1 fully saturated rings. The molecule has 168 valence electrons. The first-order valence-corrected chi connectivity index (χ1v) is 10.8. The van der Waals surface area contributed by atoms with Crippen molar-refractivity contribution in [1.29, 1.82) is 0 Å². The lowest BCUT2D eigenvalue weighted by molar-refractivity contribution is -0.0632. The molecule has 1 aliphatic rings. The first-order chi connectivity index (χ1) is 14.0. The summed E-state index contributed by atoms with van der Waals surface area (Å²) in [6, 6.07) is 6.98. The number of carbonyl (C=O) groups excluding carboxylic acids is 2. The number of likely N-dealkylation sites (tertiary alicyclic amines) is 1. The van der Waals surface area contributed by atoms with Gasteiger partial charge in [-0.05, 0) is 64.2 Å². The van der Waals surface area contributed by atoms with Crippen molar-refractivity contribution < 1.29 is 19.4 Å². The number of nitrogens with zero attached hydrogens (tertiary/aromatic N) is 1. The van der Waals surface area contributed by atoms with E-state index in [-0.39, 0.29) is 18.0 Å². The summed E-state index contributed by atoms with van der Waals surface area (Å²) in [6.07, 6.45) is 2.22. The van der Waals surface area contributed by atoms with Crippen molar-refractivity contribution in [2.75, 3.05) is 26.7 Å². The van der Waals surface area contributed by atoms with Gasteiger partial charge in [0, 0.05) is 37.6 Å². The second kappa shape index (κ2) is 10.4. The molecule has 2 atom stereocenters. The zero-order valence-electron chi connectivity index (χ0n) is 18.3. The molecule has 0 spiro atoms. The van der Waals surface area contributed by atoms with Crippen LogP contribution in [0.25, 0.3) is 0 Å². The Balaban J connectivity index is 2.18. The van der Waals surface area contributed by atoms with Crippen LogP contribution in [0.3, 0.4) is 0 Å². The Bertz CT molecular complexity index is 737. The van der Waals surface area contributed by atoms with Gasteiger partial charge in [-0.1, -0.05) is 23.7 Å². The molecule has 0 saturated carbocycles. The number of nitrogens with one attached hydrogen (secondary N) is 2. The van der Waals surface area contributed by atoms with Crippen molar-refractivity contribution in [3.8, 4) is 0 Å². The zero-order chi connectivity index (χ0) is 22.4. The average molecular weight is 440 g/mol. The molecule has 1 aliphatic heterocycles. The monoisotopic (exact) mass is 439 g/mol. The number of hydrogen-bond acceptors (Lipinski definition) is 4. The molecule has 0 radical (unpaired) electrons. The first kappa shape index (κ1) is 24.3. The van der Waals surface area contributed by atoms with Crippen LogP contribution in [0.1, 0.15) is 52.0 Å². The molecule has 3 amide bonds. The average Bonchev–Trinajstić information content (AvgIpc) is 2.69. The van der Waals surface area contributed by atoms with Crippen LogP contribution in [0.4, 0.5) is 9.59 Å². The van der Waals surface area contributed by atoms with Crippen molar-refractivity contribution in [2.45, 2.75) is 57.7 Å². The van der Waals surface area contributed by atoms with Gasteiger partial charge in [-0.25, -0.2) is 9.59 Å². The number of benzene rings is 1. The number of aliphatic hydroxyl groups is 1. The molecule has 8 heteroatoms. The molecule has 1 saturated heterocycles. The van der Waals surface area contributed by atoms with Crippen LogP contribution in [0, 0.1) is 5.92 Å². The van der Waals surface area contributed by atoms with Crippen LogP contribution >= 0.6 is 11.6 Å².